The van der Waals surface area contributed by atoms with Crippen LogP contribution in [0, 0.1) is 5.92 Å². The van der Waals surface area contributed by atoms with Crippen molar-refractivity contribution in [2.24, 2.45) is 5.92 Å². The average Bonchev–Trinajstić information content (AvgIpc) is 2.04. The molecule has 15 heavy (non-hydrogen) atoms. The van der Waals surface area contributed by atoms with Gasteiger partial charge in [-0.1, -0.05) is 26.3 Å². The standard InChI is InChI=1S/C9H14O4.2Na.2H/c1-3-4-5-7(9(12)13)6(2)8(10)11;;;;/h7H,2-5H2,1H3,(H,10,11)(H,12,13);;;;/q;2*+1;2*-1. The van der Waals surface area contributed by atoms with Crippen LogP contribution in [0.2, 0.25) is 0 Å². The van der Waals surface area contributed by atoms with Gasteiger partial charge in [0.05, 0.1) is 5.92 Å². The summed E-state index contributed by atoms with van der Waals surface area (Å²) in [7, 11) is 0. The molecule has 4 nitrogen and oxygen atoms in total. The molecule has 0 saturated carbocycles. The largest absolute Gasteiger partial charge is 1.00 e. The second kappa shape index (κ2) is 11.2. The molecule has 0 aliphatic heterocycles. The van der Waals surface area contributed by atoms with Crippen molar-refractivity contribution in [1.82, 2.24) is 0 Å². The third kappa shape index (κ3) is 8.48. The summed E-state index contributed by atoms with van der Waals surface area (Å²) in [6.07, 6.45) is 1.89. The Balaban J connectivity index is -0.000000120. The average molecular weight is 234 g/mol. The summed E-state index contributed by atoms with van der Waals surface area (Å²) in [6, 6.07) is 0. The van der Waals surface area contributed by atoms with Crippen LogP contribution in [0.4, 0.5) is 0 Å². The van der Waals surface area contributed by atoms with E-state index in [1.165, 1.54) is 0 Å². The van der Waals surface area contributed by atoms with Gasteiger partial charge in [0, 0.05) is 5.57 Å². The van der Waals surface area contributed by atoms with Crippen molar-refractivity contribution in [2.75, 3.05) is 0 Å². The van der Waals surface area contributed by atoms with E-state index in [2.05, 4.69) is 6.58 Å². The van der Waals surface area contributed by atoms with E-state index in [9.17, 15) is 9.59 Å². The van der Waals surface area contributed by atoms with Crippen molar-refractivity contribution >= 4 is 11.9 Å². The van der Waals surface area contributed by atoms with Crippen LogP contribution < -0.4 is 59.1 Å². The molecule has 78 valence electrons. The molecule has 2 N–H and O–H groups in total. The predicted molar refractivity (Wildman–Crippen MR) is 49.7 cm³/mol. The summed E-state index contributed by atoms with van der Waals surface area (Å²) < 4.78 is 0. The van der Waals surface area contributed by atoms with Crippen LogP contribution in [0.25, 0.3) is 0 Å². The molecule has 0 spiro atoms. The molecule has 0 aliphatic carbocycles. The van der Waals surface area contributed by atoms with Crippen LogP contribution in [0.1, 0.15) is 29.0 Å². The van der Waals surface area contributed by atoms with Gasteiger partial charge in [0.2, 0.25) is 0 Å². The third-order valence-electron chi connectivity index (χ3n) is 1.84. The quantitative estimate of drug-likeness (QED) is 0.360. The zero-order chi connectivity index (χ0) is 10.4. The molecule has 0 aromatic carbocycles. The molecule has 1 atom stereocenters. The topological polar surface area (TPSA) is 74.6 Å². The minimum absolute atomic E-state index is 0. The van der Waals surface area contributed by atoms with E-state index in [1.807, 2.05) is 6.92 Å². The Kier molecular flexibility index (Phi) is 15.7. The summed E-state index contributed by atoms with van der Waals surface area (Å²) in [4.78, 5) is 21.1. The van der Waals surface area contributed by atoms with Crippen molar-refractivity contribution in [2.45, 2.75) is 26.2 Å². The van der Waals surface area contributed by atoms with E-state index in [-0.39, 0.29) is 67.5 Å². The SMILES string of the molecule is C=C(C(=O)O)C(CCCC)C(=O)O.[H-].[H-].[Na+].[Na+]. The Hall–Kier alpha value is 0.680. The van der Waals surface area contributed by atoms with Gasteiger partial charge >= 0.3 is 71.1 Å². The molecule has 0 radical (unpaired) electrons. The molecule has 0 aromatic heterocycles. The zero-order valence-electron chi connectivity index (χ0n) is 11.6. The van der Waals surface area contributed by atoms with E-state index in [0.29, 0.717) is 12.8 Å². The zero-order valence-corrected chi connectivity index (χ0v) is 13.6. The van der Waals surface area contributed by atoms with E-state index < -0.39 is 17.9 Å². The molecule has 1 unspecified atom stereocenters. The van der Waals surface area contributed by atoms with Crippen molar-refractivity contribution < 1.29 is 81.8 Å². The fourth-order valence-corrected chi connectivity index (χ4v) is 1.00. The smallest absolute Gasteiger partial charge is 1.00 e. The van der Waals surface area contributed by atoms with Gasteiger partial charge in [-0.25, -0.2) is 4.79 Å². The second-order valence-corrected chi connectivity index (χ2v) is 2.86. The number of hydrogen-bond donors (Lipinski definition) is 2. The number of hydrogen-bond acceptors (Lipinski definition) is 2. The fraction of sp³-hybridized carbons (Fsp3) is 0.556. The van der Waals surface area contributed by atoms with Crippen LogP contribution in [0.15, 0.2) is 12.2 Å². The van der Waals surface area contributed by atoms with Crippen molar-refractivity contribution in [1.29, 1.82) is 0 Å². The van der Waals surface area contributed by atoms with Gasteiger partial charge in [-0.2, -0.15) is 0 Å². The molecule has 0 fully saturated rings. The number of unbranched alkanes of at least 4 members (excludes halogenated alkanes) is 1. The minimum atomic E-state index is -1.23. The summed E-state index contributed by atoms with van der Waals surface area (Å²) in [5.41, 5.74) is -0.235. The predicted octanol–water partition coefficient (Wildman–Crippen LogP) is -4.25. The number of aliphatic carboxylic acids is 2. The first-order valence-electron chi connectivity index (χ1n) is 4.15. The summed E-state index contributed by atoms with van der Waals surface area (Å²) in [5, 5.41) is 17.2. The monoisotopic (exact) mass is 234 g/mol. The fourth-order valence-electron chi connectivity index (χ4n) is 1.00. The van der Waals surface area contributed by atoms with Gasteiger partial charge in [0.15, 0.2) is 0 Å². The summed E-state index contributed by atoms with van der Waals surface area (Å²) >= 11 is 0. The first kappa shape index (κ1) is 21.0. The van der Waals surface area contributed by atoms with Crippen LogP contribution in [-0.4, -0.2) is 22.2 Å². The van der Waals surface area contributed by atoms with Crippen LogP contribution in [-0.2, 0) is 9.59 Å². The molecule has 0 amide bonds. The van der Waals surface area contributed by atoms with Gasteiger partial charge in [0.1, 0.15) is 0 Å². The third-order valence-corrected chi connectivity index (χ3v) is 1.84. The minimum Gasteiger partial charge on any atom is -1.00 e. The maximum absolute atomic E-state index is 10.6. The van der Waals surface area contributed by atoms with Crippen LogP contribution >= 0.6 is 0 Å². The van der Waals surface area contributed by atoms with Crippen LogP contribution in [0.5, 0.6) is 0 Å². The molecular weight excluding hydrogens is 218 g/mol. The van der Waals surface area contributed by atoms with E-state index in [1.54, 1.807) is 0 Å². The van der Waals surface area contributed by atoms with Gasteiger partial charge in [-0.05, 0) is 6.42 Å². The Morgan fingerprint density at radius 2 is 1.80 bits per heavy atom. The normalized spacial score (nSPS) is 10.5. The molecule has 0 aromatic rings. The van der Waals surface area contributed by atoms with Gasteiger partial charge in [0.25, 0.3) is 0 Å². The van der Waals surface area contributed by atoms with Crippen molar-refractivity contribution in [3.05, 3.63) is 12.2 Å². The van der Waals surface area contributed by atoms with Gasteiger partial charge in [-0.3, -0.25) is 4.79 Å². The molecule has 0 rings (SSSR count). The number of carbonyl (C=O) groups is 2. The Morgan fingerprint density at radius 1 is 1.33 bits per heavy atom. The molecule has 0 heterocycles. The number of rotatable bonds is 6. The Bertz CT molecular complexity index is 237. The van der Waals surface area contributed by atoms with Crippen LogP contribution in [0.3, 0.4) is 0 Å². The first-order chi connectivity index (χ1) is 6.00. The number of carboxylic acids is 2. The summed E-state index contributed by atoms with van der Waals surface area (Å²) in [6.45, 7) is 5.17. The Morgan fingerprint density at radius 3 is 2.07 bits per heavy atom. The van der Waals surface area contributed by atoms with E-state index >= 15 is 0 Å². The van der Waals surface area contributed by atoms with E-state index in [4.69, 9.17) is 10.2 Å². The van der Waals surface area contributed by atoms with Crippen molar-refractivity contribution in [3.8, 4) is 0 Å². The number of carboxylic acid groups (broad SMARTS) is 2. The van der Waals surface area contributed by atoms with Gasteiger partial charge < -0.3 is 13.1 Å². The maximum Gasteiger partial charge on any atom is 1.00 e. The van der Waals surface area contributed by atoms with Gasteiger partial charge in [-0.15, -0.1) is 0 Å². The van der Waals surface area contributed by atoms with E-state index in [0.717, 1.165) is 6.42 Å². The molecule has 0 aliphatic rings. The van der Waals surface area contributed by atoms with Crippen molar-refractivity contribution in [3.63, 3.8) is 0 Å². The summed E-state index contributed by atoms with van der Waals surface area (Å²) in [5.74, 6) is -3.29. The maximum atomic E-state index is 10.6. The molecule has 6 heteroatoms. The second-order valence-electron chi connectivity index (χ2n) is 2.86. The molecule has 0 saturated heterocycles. The Labute approximate surface area is 137 Å². The first-order valence-corrected chi connectivity index (χ1v) is 4.15. The molecule has 0 bridgehead atoms. The molecular formula is C9H16Na2O4.